The van der Waals surface area contributed by atoms with Gasteiger partial charge in [-0.2, -0.15) is 0 Å². The minimum atomic E-state index is -3.57. The van der Waals surface area contributed by atoms with Gasteiger partial charge in [-0.1, -0.05) is 62.4 Å². The van der Waals surface area contributed by atoms with Gasteiger partial charge in [-0.15, -0.1) is 0 Å². The number of ketones is 1. The van der Waals surface area contributed by atoms with Crippen molar-refractivity contribution in [3.05, 3.63) is 77.4 Å². The number of benzene rings is 2. The summed E-state index contributed by atoms with van der Waals surface area (Å²) in [4.78, 5) is 12.6. The first-order chi connectivity index (χ1) is 11.2. The molecule has 0 unspecified atom stereocenters. The molecule has 0 spiro atoms. The second-order valence-electron chi connectivity index (χ2n) is 6.28. The molecule has 3 nitrogen and oxygen atoms in total. The number of hydrogen-bond donors (Lipinski definition) is 0. The van der Waals surface area contributed by atoms with Crippen LogP contribution < -0.4 is 0 Å². The zero-order chi connectivity index (χ0) is 17.9. The molecule has 0 heterocycles. The number of carbonyl (C=O) groups excluding carboxylic acids is 1. The summed E-state index contributed by atoms with van der Waals surface area (Å²) < 4.78 is 24.8. The van der Waals surface area contributed by atoms with E-state index >= 15 is 0 Å². The van der Waals surface area contributed by atoms with Crippen LogP contribution in [0.2, 0.25) is 0 Å². The first-order valence-corrected chi connectivity index (χ1v) is 9.48. The fourth-order valence-electron chi connectivity index (χ4n) is 2.35. The second-order valence-corrected chi connectivity index (χ2v) is 8.27. The zero-order valence-corrected chi connectivity index (χ0v) is 15.1. The third-order valence-corrected chi connectivity index (χ3v) is 5.62. The molecule has 0 aliphatic carbocycles. The molecule has 2 aromatic carbocycles. The smallest absolute Gasteiger partial charge is 0.189 e. The lowest BCUT2D eigenvalue weighted by atomic mass is 9.99. The molecule has 0 aliphatic rings. The Balaban J connectivity index is 2.16. The SMILES string of the molecule is C=C(CS(=O)(=O)c1ccc(C)cc1)C(=O)c1ccc(C(C)C)cc1. The highest BCUT2D eigenvalue weighted by atomic mass is 32.2. The maximum absolute atomic E-state index is 12.4. The van der Waals surface area contributed by atoms with Crippen molar-refractivity contribution in [2.75, 3.05) is 5.75 Å². The van der Waals surface area contributed by atoms with E-state index in [9.17, 15) is 13.2 Å². The molecule has 0 bridgehead atoms. The predicted octanol–water partition coefficient (Wildman–Crippen LogP) is 4.33. The average Bonchev–Trinajstić information content (AvgIpc) is 2.54. The number of sulfone groups is 1. The molecule has 0 aromatic heterocycles. The Kier molecular flexibility index (Phi) is 5.40. The molecule has 0 fully saturated rings. The Labute approximate surface area is 144 Å². The Morgan fingerprint density at radius 1 is 1.00 bits per heavy atom. The van der Waals surface area contributed by atoms with Gasteiger partial charge >= 0.3 is 0 Å². The molecule has 126 valence electrons. The fraction of sp³-hybridized carbons (Fsp3) is 0.250. The molecule has 4 heteroatoms. The molecule has 0 N–H and O–H groups in total. The topological polar surface area (TPSA) is 51.2 Å². The van der Waals surface area contributed by atoms with Gasteiger partial charge in [-0.05, 0) is 30.5 Å². The van der Waals surface area contributed by atoms with Gasteiger partial charge in [0.1, 0.15) is 0 Å². The first-order valence-electron chi connectivity index (χ1n) is 7.82. The largest absolute Gasteiger partial charge is 0.289 e. The maximum Gasteiger partial charge on any atom is 0.189 e. The molecule has 24 heavy (non-hydrogen) atoms. The van der Waals surface area contributed by atoms with Gasteiger partial charge in [-0.3, -0.25) is 4.79 Å². The molecule has 0 atom stereocenters. The van der Waals surface area contributed by atoms with Crippen LogP contribution in [0.15, 0.2) is 65.6 Å². The standard InChI is InChI=1S/C20H22O3S/c1-14(2)17-7-9-18(10-8-17)20(21)16(4)13-24(22,23)19-11-5-15(3)6-12-19/h5-12,14H,4,13H2,1-3H3. The summed E-state index contributed by atoms with van der Waals surface area (Å²) in [7, 11) is -3.57. The van der Waals surface area contributed by atoms with Crippen LogP contribution in [-0.4, -0.2) is 20.0 Å². The minimum Gasteiger partial charge on any atom is -0.289 e. The van der Waals surface area contributed by atoms with E-state index in [1.165, 1.54) is 0 Å². The van der Waals surface area contributed by atoms with Gasteiger partial charge in [0.2, 0.25) is 0 Å². The Bertz CT molecular complexity index is 843. The number of aryl methyl sites for hydroxylation is 1. The summed E-state index contributed by atoms with van der Waals surface area (Å²) in [5.74, 6) is -0.332. The van der Waals surface area contributed by atoms with Gasteiger partial charge in [-0.25, -0.2) is 8.42 Å². The highest BCUT2D eigenvalue weighted by Crippen LogP contribution is 2.19. The summed E-state index contributed by atoms with van der Waals surface area (Å²) in [5, 5.41) is 0. The normalized spacial score (nSPS) is 11.5. The van der Waals surface area contributed by atoms with Gasteiger partial charge in [0.25, 0.3) is 0 Å². The maximum atomic E-state index is 12.4. The monoisotopic (exact) mass is 342 g/mol. The highest BCUT2D eigenvalue weighted by molar-refractivity contribution is 7.91. The lowest BCUT2D eigenvalue weighted by Gasteiger charge is -2.09. The Hall–Kier alpha value is -2.20. The van der Waals surface area contributed by atoms with Crippen molar-refractivity contribution in [3.8, 4) is 0 Å². The van der Waals surface area contributed by atoms with E-state index in [2.05, 4.69) is 20.4 Å². The van der Waals surface area contributed by atoms with Crippen molar-refractivity contribution < 1.29 is 13.2 Å². The van der Waals surface area contributed by atoms with Crippen molar-refractivity contribution in [3.63, 3.8) is 0 Å². The van der Waals surface area contributed by atoms with Crippen LogP contribution in [0.25, 0.3) is 0 Å². The number of rotatable bonds is 6. The molecule has 2 aromatic rings. The molecule has 2 rings (SSSR count). The molecule has 0 saturated heterocycles. The van der Waals surface area contributed by atoms with Crippen LogP contribution in [0.1, 0.15) is 41.3 Å². The number of hydrogen-bond acceptors (Lipinski definition) is 3. The second kappa shape index (κ2) is 7.14. The van der Waals surface area contributed by atoms with Crippen molar-refractivity contribution in [2.24, 2.45) is 0 Å². The van der Waals surface area contributed by atoms with Crippen molar-refractivity contribution in [2.45, 2.75) is 31.6 Å². The third kappa shape index (κ3) is 4.20. The van der Waals surface area contributed by atoms with E-state index in [0.717, 1.165) is 11.1 Å². The number of carbonyl (C=O) groups is 1. The van der Waals surface area contributed by atoms with Crippen LogP contribution in [0.5, 0.6) is 0 Å². The molecular formula is C20H22O3S. The van der Waals surface area contributed by atoms with Crippen LogP contribution in [0.3, 0.4) is 0 Å². The minimum absolute atomic E-state index is 0.0767. The molecule has 0 radical (unpaired) electrons. The lowest BCUT2D eigenvalue weighted by Crippen LogP contribution is -2.14. The summed E-state index contributed by atoms with van der Waals surface area (Å²) in [6.07, 6.45) is 0. The summed E-state index contributed by atoms with van der Waals surface area (Å²) in [6.45, 7) is 9.72. The fourth-order valence-corrected chi connectivity index (χ4v) is 3.65. The molecule has 0 saturated carbocycles. The quantitative estimate of drug-likeness (QED) is 0.580. The summed E-state index contributed by atoms with van der Waals surface area (Å²) >= 11 is 0. The van der Waals surface area contributed by atoms with Crippen molar-refractivity contribution in [1.29, 1.82) is 0 Å². The van der Waals surface area contributed by atoms with Gasteiger partial charge in [0.15, 0.2) is 15.6 Å². The molecule has 0 amide bonds. The van der Waals surface area contributed by atoms with Crippen LogP contribution >= 0.6 is 0 Å². The Morgan fingerprint density at radius 2 is 1.54 bits per heavy atom. The zero-order valence-electron chi connectivity index (χ0n) is 14.2. The van der Waals surface area contributed by atoms with E-state index in [1.54, 1.807) is 36.4 Å². The van der Waals surface area contributed by atoms with Gasteiger partial charge < -0.3 is 0 Å². The highest BCUT2D eigenvalue weighted by Gasteiger charge is 2.20. The van der Waals surface area contributed by atoms with Crippen LogP contribution in [0.4, 0.5) is 0 Å². The molecule has 0 aliphatic heterocycles. The van der Waals surface area contributed by atoms with Gasteiger partial charge in [0, 0.05) is 11.1 Å². The molecular weight excluding hydrogens is 320 g/mol. The third-order valence-electron chi connectivity index (χ3n) is 3.91. The summed E-state index contributed by atoms with van der Waals surface area (Å²) in [5.41, 5.74) is 2.65. The van der Waals surface area contributed by atoms with E-state index < -0.39 is 9.84 Å². The lowest BCUT2D eigenvalue weighted by molar-refractivity contribution is 0.103. The first kappa shape index (κ1) is 18.1. The van der Waals surface area contributed by atoms with Crippen LogP contribution in [0, 0.1) is 6.92 Å². The Morgan fingerprint density at radius 3 is 2.04 bits per heavy atom. The summed E-state index contributed by atoms with van der Waals surface area (Å²) in [6, 6.07) is 13.8. The van der Waals surface area contributed by atoms with E-state index in [1.807, 2.05) is 19.1 Å². The predicted molar refractivity (Wildman–Crippen MR) is 97.2 cm³/mol. The average molecular weight is 342 g/mol. The number of Topliss-reactive ketones (excluding diaryl/α,β-unsaturated/α-hetero) is 1. The van der Waals surface area contributed by atoms with Crippen LogP contribution in [-0.2, 0) is 9.84 Å². The van der Waals surface area contributed by atoms with Crippen molar-refractivity contribution in [1.82, 2.24) is 0 Å². The van der Waals surface area contributed by atoms with E-state index in [-0.39, 0.29) is 22.0 Å². The van der Waals surface area contributed by atoms with E-state index in [4.69, 9.17) is 0 Å². The van der Waals surface area contributed by atoms with E-state index in [0.29, 0.717) is 11.5 Å². The van der Waals surface area contributed by atoms with Gasteiger partial charge in [0.05, 0.1) is 10.6 Å². The van der Waals surface area contributed by atoms with Crippen molar-refractivity contribution >= 4 is 15.6 Å².